The van der Waals surface area contributed by atoms with Crippen LogP contribution >= 0.6 is 23.4 Å². The van der Waals surface area contributed by atoms with Crippen molar-refractivity contribution in [2.45, 2.75) is 4.90 Å². The van der Waals surface area contributed by atoms with Crippen LogP contribution in [0.15, 0.2) is 23.1 Å². The van der Waals surface area contributed by atoms with Crippen LogP contribution in [0.1, 0.15) is 0 Å². The lowest BCUT2D eigenvalue weighted by molar-refractivity contribution is 0.385. The summed E-state index contributed by atoms with van der Waals surface area (Å²) in [7, 11) is 0. The molecule has 0 saturated carbocycles. The summed E-state index contributed by atoms with van der Waals surface area (Å²) in [6.45, 7) is 2.26. The molecule has 1 aliphatic heterocycles. The summed E-state index contributed by atoms with van der Waals surface area (Å²) in [4.78, 5) is 1.10. The van der Waals surface area contributed by atoms with Crippen LogP contribution < -0.4 is 11.1 Å². The summed E-state index contributed by atoms with van der Waals surface area (Å²) in [6, 6.07) is 5.63. The van der Waals surface area contributed by atoms with E-state index in [9.17, 15) is 0 Å². The Morgan fingerprint density at radius 3 is 2.93 bits per heavy atom. The first-order valence-electron chi connectivity index (χ1n) is 4.64. The van der Waals surface area contributed by atoms with Gasteiger partial charge in [-0.2, -0.15) is 0 Å². The molecule has 4 heteroatoms. The van der Waals surface area contributed by atoms with Gasteiger partial charge in [-0.15, -0.1) is 11.8 Å². The fraction of sp³-hybridized carbons (Fsp3) is 0.400. The van der Waals surface area contributed by atoms with Crippen LogP contribution in [0.3, 0.4) is 0 Å². The van der Waals surface area contributed by atoms with E-state index in [1.54, 1.807) is 11.8 Å². The fourth-order valence-corrected chi connectivity index (χ4v) is 2.66. The summed E-state index contributed by atoms with van der Waals surface area (Å²) < 4.78 is 0. The van der Waals surface area contributed by atoms with Crippen molar-refractivity contribution in [3.05, 3.63) is 23.2 Å². The first kappa shape index (κ1) is 10.1. The van der Waals surface area contributed by atoms with Crippen LogP contribution in [-0.4, -0.2) is 18.8 Å². The molecule has 1 aliphatic rings. The van der Waals surface area contributed by atoms with E-state index in [4.69, 9.17) is 17.3 Å². The molecule has 1 aromatic carbocycles. The third-order valence-corrected chi connectivity index (χ3v) is 4.02. The second-order valence-electron chi connectivity index (χ2n) is 3.53. The molecule has 3 N–H and O–H groups in total. The van der Waals surface area contributed by atoms with Crippen molar-refractivity contribution < 1.29 is 0 Å². The number of hydrogen-bond acceptors (Lipinski definition) is 3. The van der Waals surface area contributed by atoms with Gasteiger partial charge in [0.05, 0.1) is 5.02 Å². The Balaban J connectivity index is 1.96. The molecule has 1 fully saturated rings. The highest BCUT2D eigenvalue weighted by atomic mass is 35.5. The molecule has 2 nitrogen and oxygen atoms in total. The smallest absolute Gasteiger partial charge is 0.0543 e. The number of rotatable bonds is 3. The van der Waals surface area contributed by atoms with Crippen LogP contribution in [0.4, 0.5) is 5.69 Å². The summed E-state index contributed by atoms with van der Waals surface area (Å²) in [6.07, 6.45) is 0. The molecule has 14 heavy (non-hydrogen) atoms. The predicted octanol–water partition coefficient (Wildman–Crippen LogP) is 2.23. The molecule has 1 saturated heterocycles. The molecule has 0 amide bonds. The number of hydrogen-bond donors (Lipinski definition) is 2. The molecule has 0 radical (unpaired) electrons. The maximum atomic E-state index is 6.05. The van der Waals surface area contributed by atoms with E-state index in [-0.39, 0.29) is 0 Å². The standard InChI is InChI=1S/C10H13ClN2S/c11-9-2-1-8(12)3-10(9)14-6-7-4-13-5-7/h1-3,7,13H,4-6,12H2. The fourth-order valence-electron chi connectivity index (χ4n) is 1.30. The maximum absolute atomic E-state index is 6.05. The van der Waals surface area contributed by atoms with Crippen molar-refractivity contribution in [2.24, 2.45) is 5.92 Å². The number of nitrogens with one attached hydrogen (secondary N) is 1. The van der Waals surface area contributed by atoms with Gasteiger partial charge in [0, 0.05) is 16.3 Å². The van der Waals surface area contributed by atoms with E-state index >= 15 is 0 Å². The van der Waals surface area contributed by atoms with Crippen LogP contribution in [-0.2, 0) is 0 Å². The average molecular weight is 229 g/mol. The second-order valence-corrected chi connectivity index (χ2v) is 4.99. The largest absolute Gasteiger partial charge is 0.399 e. The van der Waals surface area contributed by atoms with Gasteiger partial charge in [0.2, 0.25) is 0 Å². The minimum atomic E-state index is 0.781. The highest BCUT2D eigenvalue weighted by molar-refractivity contribution is 7.99. The van der Waals surface area contributed by atoms with E-state index in [2.05, 4.69) is 5.32 Å². The maximum Gasteiger partial charge on any atom is 0.0543 e. The van der Waals surface area contributed by atoms with Crippen LogP contribution in [0.5, 0.6) is 0 Å². The topological polar surface area (TPSA) is 38.0 Å². The zero-order valence-electron chi connectivity index (χ0n) is 7.79. The van der Waals surface area contributed by atoms with Crippen molar-refractivity contribution in [1.29, 1.82) is 0 Å². The number of halogens is 1. The third-order valence-electron chi connectivity index (χ3n) is 2.30. The molecule has 0 unspecified atom stereocenters. The molecule has 0 aliphatic carbocycles. The van der Waals surface area contributed by atoms with Crippen molar-refractivity contribution in [3.63, 3.8) is 0 Å². The van der Waals surface area contributed by atoms with E-state index in [1.165, 1.54) is 0 Å². The first-order chi connectivity index (χ1) is 6.75. The monoisotopic (exact) mass is 228 g/mol. The van der Waals surface area contributed by atoms with Gasteiger partial charge in [0.25, 0.3) is 0 Å². The van der Waals surface area contributed by atoms with E-state index in [0.717, 1.165) is 40.4 Å². The minimum Gasteiger partial charge on any atom is -0.399 e. The Kier molecular flexibility index (Phi) is 3.21. The second kappa shape index (κ2) is 4.43. The van der Waals surface area contributed by atoms with Gasteiger partial charge in [-0.25, -0.2) is 0 Å². The zero-order valence-corrected chi connectivity index (χ0v) is 9.37. The van der Waals surface area contributed by atoms with Crippen LogP contribution in [0.25, 0.3) is 0 Å². The molecular weight excluding hydrogens is 216 g/mol. The molecule has 0 bridgehead atoms. The number of thioether (sulfide) groups is 1. The molecule has 1 aromatic rings. The zero-order chi connectivity index (χ0) is 9.97. The SMILES string of the molecule is Nc1ccc(Cl)c(SCC2CNC2)c1. The van der Waals surface area contributed by atoms with Gasteiger partial charge >= 0.3 is 0 Å². The van der Waals surface area contributed by atoms with E-state index < -0.39 is 0 Å². The van der Waals surface area contributed by atoms with Crippen molar-refractivity contribution >= 4 is 29.1 Å². The van der Waals surface area contributed by atoms with Gasteiger partial charge in [-0.1, -0.05) is 11.6 Å². The number of benzene rings is 1. The van der Waals surface area contributed by atoms with Crippen molar-refractivity contribution in [2.75, 3.05) is 24.6 Å². The van der Waals surface area contributed by atoms with Gasteiger partial charge in [0.1, 0.15) is 0 Å². The van der Waals surface area contributed by atoms with Gasteiger partial charge in [-0.3, -0.25) is 0 Å². The van der Waals surface area contributed by atoms with Gasteiger partial charge in [-0.05, 0) is 37.2 Å². The Morgan fingerprint density at radius 1 is 1.50 bits per heavy atom. The van der Waals surface area contributed by atoms with Crippen molar-refractivity contribution in [1.82, 2.24) is 5.32 Å². The van der Waals surface area contributed by atoms with Crippen molar-refractivity contribution in [3.8, 4) is 0 Å². The molecule has 0 atom stereocenters. The Hall–Kier alpha value is -0.380. The summed E-state index contributed by atoms with van der Waals surface area (Å²) in [5, 5.41) is 4.05. The minimum absolute atomic E-state index is 0.781. The summed E-state index contributed by atoms with van der Waals surface area (Å²) >= 11 is 7.84. The number of nitrogen functional groups attached to an aromatic ring is 1. The average Bonchev–Trinajstić information content (AvgIpc) is 2.08. The molecular formula is C10H13ClN2S. The molecule has 2 rings (SSSR count). The Labute approximate surface area is 93.2 Å². The molecule has 1 heterocycles. The molecule has 0 aromatic heterocycles. The lowest BCUT2D eigenvalue weighted by Gasteiger charge is -2.26. The predicted molar refractivity (Wildman–Crippen MR) is 62.9 cm³/mol. The summed E-state index contributed by atoms with van der Waals surface area (Å²) in [5.74, 6) is 1.91. The van der Waals surface area contributed by atoms with E-state index in [1.807, 2.05) is 18.2 Å². The Morgan fingerprint density at radius 2 is 2.29 bits per heavy atom. The normalized spacial score (nSPS) is 16.6. The number of anilines is 1. The lowest BCUT2D eigenvalue weighted by Crippen LogP contribution is -2.43. The highest BCUT2D eigenvalue weighted by Crippen LogP contribution is 2.30. The molecule has 0 spiro atoms. The molecule has 76 valence electrons. The summed E-state index contributed by atoms with van der Waals surface area (Å²) in [5.41, 5.74) is 6.48. The lowest BCUT2D eigenvalue weighted by atomic mass is 10.1. The van der Waals surface area contributed by atoms with Crippen LogP contribution in [0.2, 0.25) is 5.02 Å². The number of nitrogens with two attached hydrogens (primary N) is 1. The van der Waals surface area contributed by atoms with E-state index in [0.29, 0.717) is 0 Å². The Bertz CT molecular complexity index is 326. The quantitative estimate of drug-likeness (QED) is 0.616. The van der Waals surface area contributed by atoms with Gasteiger partial charge in [0.15, 0.2) is 0 Å². The third kappa shape index (κ3) is 2.35. The highest BCUT2D eigenvalue weighted by Gasteiger charge is 2.17. The van der Waals surface area contributed by atoms with Crippen LogP contribution in [0, 0.1) is 5.92 Å². The van der Waals surface area contributed by atoms with Gasteiger partial charge < -0.3 is 11.1 Å². The first-order valence-corrected chi connectivity index (χ1v) is 6.00.